The molecule has 3 aromatic rings. The maximum absolute atomic E-state index is 12.9. The van der Waals surface area contributed by atoms with Gasteiger partial charge in [0.1, 0.15) is 11.4 Å². The molecule has 0 aliphatic rings. The van der Waals surface area contributed by atoms with Gasteiger partial charge in [0.05, 0.1) is 16.3 Å². The number of nitrogens with one attached hydrogen (secondary N) is 1. The Morgan fingerprint density at radius 2 is 1.76 bits per heavy atom. The number of carbonyl (C=O) groups is 1. The maximum atomic E-state index is 12.9. The fourth-order valence-corrected chi connectivity index (χ4v) is 2.84. The molecule has 0 aliphatic carbocycles. The van der Waals surface area contributed by atoms with Crippen LogP contribution < -0.4 is 15.6 Å². The highest BCUT2D eigenvalue weighted by atomic mass is 16.6. The second-order valence-corrected chi connectivity index (χ2v) is 6.44. The Morgan fingerprint density at radius 3 is 2.34 bits per heavy atom. The smallest absolute Gasteiger partial charge is 0.295 e. The van der Waals surface area contributed by atoms with E-state index in [1.54, 1.807) is 30.8 Å². The Hall–Kier alpha value is -3.88. The first kappa shape index (κ1) is 19.9. The van der Waals surface area contributed by atoms with Crippen LogP contribution in [0.2, 0.25) is 0 Å². The van der Waals surface area contributed by atoms with Crippen molar-refractivity contribution in [2.75, 3.05) is 5.32 Å². The lowest BCUT2D eigenvalue weighted by Crippen LogP contribution is -2.32. The number of rotatable bonds is 6. The number of hydrogen-bond donors (Lipinski definition) is 1. The van der Waals surface area contributed by atoms with Crippen LogP contribution in [0.5, 0.6) is 5.75 Å². The summed E-state index contributed by atoms with van der Waals surface area (Å²) >= 11 is 0. The van der Waals surface area contributed by atoms with E-state index in [2.05, 4.69) is 5.32 Å². The highest BCUT2D eigenvalue weighted by Gasteiger charge is 2.22. The molecule has 1 heterocycles. The maximum Gasteiger partial charge on any atom is 0.295 e. The van der Waals surface area contributed by atoms with Crippen molar-refractivity contribution >= 4 is 17.3 Å². The monoisotopic (exact) mass is 396 g/mol. The van der Waals surface area contributed by atoms with Gasteiger partial charge in [-0.3, -0.25) is 24.4 Å². The molecule has 1 aromatic heterocycles. The van der Waals surface area contributed by atoms with Crippen LogP contribution in [-0.4, -0.2) is 26.3 Å². The number of nitrogens with zero attached hydrogens (tertiary/aromatic N) is 3. The topological polar surface area (TPSA) is 108 Å². The van der Waals surface area contributed by atoms with Gasteiger partial charge < -0.3 is 10.1 Å². The van der Waals surface area contributed by atoms with Gasteiger partial charge in [-0.15, -0.1) is 0 Å². The van der Waals surface area contributed by atoms with Crippen LogP contribution in [0.4, 0.5) is 11.4 Å². The van der Waals surface area contributed by atoms with Gasteiger partial charge in [-0.25, -0.2) is 4.68 Å². The van der Waals surface area contributed by atoms with Crippen molar-refractivity contribution < 1.29 is 14.5 Å². The quantitative estimate of drug-likeness (QED) is 0.509. The molecule has 1 N–H and O–H groups in total. The summed E-state index contributed by atoms with van der Waals surface area (Å²) in [6.07, 6.45) is -0.916. The second-order valence-electron chi connectivity index (χ2n) is 6.44. The number of nitro groups is 1. The third-order valence-electron chi connectivity index (χ3n) is 4.53. The van der Waals surface area contributed by atoms with Crippen molar-refractivity contribution in [3.63, 3.8) is 0 Å². The van der Waals surface area contributed by atoms with E-state index in [1.165, 1.54) is 35.9 Å². The molecule has 0 saturated carbocycles. The largest absolute Gasteiger partial charge is 0.481 e. The zero-order chi connectivity index (χ0) is 21.1. The Morgan fingerprint density at radius 1 is 1.14 bits per heavy atom. The number of carbonyl (C=O) groups excluding carboxylic acids is 1. The van der Waals surface area contributed by atoms with E-state index in [0.29, 0.717) is 17.1 Å². The number of non-ortho nitro benzene ring substituents is 1. The van der Waals surface area contributed by atoms with E-state index in [4.69, 9.17) is 4.74 Å². The van der Waals surface area contributed by atoms with Crippen LogP contribution in [0.25, 0.3) is 5.69 Å². The highest BCUT2D eigenvalue weighted by molar-refractivity contribution is 5.94. The van der Waals surface area contributed by atoms with Crippen molar-refractivity contribution in [3.8, 4) is 11.4 Å². The number of para-hydroxylation sites is 1. The molecule has 3 rings (SSSR count). The van der Waals surface area contributed by atoms with Crippen molar-refractivity contribution in [1.29, 1.82) is 0 Å². The molecular weight excluding hydrogens is 376 g/mol. The predicted octanol–water partition coefficient (Wildman–Crippen LogP) is 2.80. The van der Waals surface area contributed by atoms with Gasteiger partial charge in [0.2, 0.25) is 0 Å². The average Bonchev–Trinajstić information content (AvgIpc) is 2.92. The SMILES string of the molecule is Cc1c(NC(=O)C(C)Oc2ccc([N+](=O)[O-])cc2)c(=O)n(-c2ccccc2)n1C. The van der Waals surface area contributed by atoms with E-state index in [-0.39, 0.29) is 16.9 Å². The number of benzene rings is 2. The van der Waals surface area contributed by atoms with Crippen LogP contribution in [0.1, 0.15) is 12.6 Å². The van der Waals surface area contributed by atoms with Crippen LogP contribution in [0.3, 0.4) is 0 Å². The number of anilines is 1. The lowest BCUT2D eigenvalue weighted by Gasteiger charge is -2.14. The van der Waals surface area contributed by atoms with Crippen molar-refractivity contribution in [1.82, 2.24) is 9.36 Å². The molecule has 0 bridgehead atoms. The Labute approximate surface area is 166 Å². The number of nitro benzene ring substituents is 1. The normalized spacial score (nSPS) is 11.7. The fourth-order valence-electron chi connectivity index (χ4n) is 2.84. The number of ether oxygens (including phenoxy) is 1. The van der Waals surface area contributed by atoms with Crippen LogP contribution >= 0.6 is 0 Å². The molecule has 0 radical (unpaired) electrons. The number of amides is 1. The lowest BCUT2D eigenvalue weighted by atomic mass is 10.3. The van der Waals surface area contributed by atoms with Gasteiger partial charge in [-0.05, 0) is 38.1 Å². The summed E-state index contributed by atoms with van der Waals surface area (Å²) in [5.74, 6) is -0.195. The van der Waals surface area contributed by atoms with Gasteiger partial charge in [0.25, 0.3) is 17.2 Å². The van der Waals surface area contributed by atoms with E-state index < -0.39 is 16.9 Å². The summed E-state index contributed by atoms with van der Waals surface area (Å²) in [4.78, 5) is 35.6. The Balaban J connectivity index is 1.78. The Bertz CT molecular complexity index is 1100. The second kappa shape index (κ2) is 8.01. The summed E-state index contributed by atoms with van der Waals surface area (Å²) in [5.41, 5.74) is 1.01. The Kier molecular flexibility index (Phi) is 5.49. The number of aromatic nitrogens is 2. The minimum Gasteiger partial charge on any atom is -0.481 e. The molecule has 2 aromatic carbocycles. The molecule has 29 heavy (non-hydrogen) atoms. The molecule has 150 valence electrons. The lowest BCUT2D eigenvalue weighted by molar-refractivity contribution is -0.384. The molecule has 0 aliphatic heterocycles. The first-order chi connectivity index (χ1) is 13.8. The third kappa shape index (κ3) is 4.03. The molecule has 1 amide bonds. The molecule has 1 unspecified atom stereocenters. The zero-order valence-electron chi connectivity index (χ0n) is 16.2. The van der Waals surface area contributed by atoms with Gasteiger partial charge >= 0.3 is 0 Å². The first-order valence-electron chi connectivity index (χ1n) is 8.85. The molecule has 9 heteroatoms. The van der Waals surface area contributed by atoms with Gasteiger partial charge in [0.15, 0.2) is 6.10 Å². The molecule has 9 nitrogen and oxygen atoms in total. The number of hydrogen-bond acceptors (Lipinski definition) is 5. The fraction of sp³-hybridized carbons (Fsp3) is 0.200. The minimum absolute atomic E-state index is 0.0733. The van der Waals surface area contributed by atoms with Crippen LogP contribution in [0, 0.1) is 17.0 Å². The first-order valence-corrected chi connectivity index (χ1v) is 8.85. The highest BCUT2D eigenvalue weighted by Crippen LogP contribution is 2.19. The molecule has 1 atom stereocenters. The van der Waals surface area contributed by atoms with E-state index in [1.807, 2.05) is 18.2 Å². The average molecular weight is 396 g/mol. The van der Waals surface area contributed by atoms with Crippen molar-refractivity contribution in [3.05, 3.63) is 80.8 Å². The molecule has 0 saturated heterocycles. The predicted molar refractivity (Wildman–Crippen MR) is 108 cm³/mol. The summed E-state index contributed by atoms with van der Waals surface area (Å²) in [6.45, 7) is 3.27. The molecule has 0 fully saturated rings. The summed E-state index contributed by atoms with van der Waals surface area (Å²) in [5, 5.41) is 13.3. The van der Waals surface area contributed by atoms with Crippen LogP contribution in [-0.2, 0) is 11.8 Å². The van der Waals surface area contributed by atoms with E-state index in [9.17, 15) is 19.7 Å². The standard InChI is InChI=1S/C20H20N4O5/c1-13-18(20(26)23(22(13)3)15-7-5-4-6-8-15)21-19(25)14(2)29-17-11-9-16(10-12-17)24(27)28/h4-12,14H,1-3H3,(H,21,25). The van der Waals surface area contributed by atoms with E-state index >= 15 is 0 Å². The van der Waals surface area contributed by atoms with Crippen molar-refractivity contribution in [2.45, 2.75) is 20.0 Å². The van der Waals surface area contributed by atoms with Gasteiger partial charge in [0, 0.05) is 19.2 Å². The molecular formula is C20H20N4O5. The van der Waals surface area contributed by atoms with Gasteiger partial charge in [-0.1, -0.05) is 18.2 Å². The summed E-state index contributed by atoms with van der Waals surface area (Å²) < 4.78 is 8.66. The summed E-state index contributed by atoms with van der Waals surface area (Å²) in [7, 11) is 1.73. The van der Waals surface area contributed by atoms with Crippen LogP contribution in [0.15, 0.2) is 59.4 Å². The molecule has 0 spiro atoms. The van der Waals surface area contributed by atoms with Crippen molar-refractivity contribution in [2.24, 2.45) is 7.05 Å². The zero-order valence-corrected chi connectivity index (χ0v) is 16.2. The summed E-state index contributed by atoms with van der Waals surface area (Å²) in [6, 6.07) is 14.5. The minimum atomic E-state index is -0.916. The third-order valence-corrected chi connectivity index (χ3v) is 4.53. The van der Waals surface area contributed by atoms with Gasteiger partial charge in [-0.2, -0.15) is 0 Å². The van der Waals surface area contributed by atoms with E-state index in [0.717, 1.165) is 0 Å².